The Balaban J connectivity index is 1.92. The molecule has 2 amide bonds. The third-order valence-electron chi connectivity index (χ3n) is 3.68. The largest absolute Gasteiger partial charge is 0.372 e. The number of thiophene rings is 1. The van der Waals surface area contributed by atoms with Gasteiger partial charge in [0, 0.05) is 17.0 Å². The molecular weight excluding hydrogens is 348 g/mol. The molecule has 24 heavy (non-hydrogen) atoms. The molecule has 128 valence electrons. The maximum absolute atomic E-state index is 12.0. The van der Waals surface area contributed by atoms with Crippen LogP contribution in [0.15, 0.2) is 41.8 Å². The Kier molecular flexibility index (Phi) is 6.36. The average molecular weight is 367 g/mol. The van der Waals surface area contributed by atoms with E-state index in [9.17, 15) is 9.59 Å². The molecule has 0 aliphatic heterocycles. The first-order valence-corrected chi connectivity index (χ1v) is 8.60. The van der Waals surface area contributed by atoms with Gasteiger partial charge in [-0.25, -0.2) is 0 Å². The van der Waals surface area contributed by atoms with Crippen molar-refractivity contribution in [2.45, 2.75) is 19.1 Å². The van der Waals surface area contributed by atoms with Crippen LogP contribution in [0.3, 0.4) is 0 Å². The van der Waals surface area contributed by atoms with Crippen LogP contribution in [0.4, 0.5) is 0 Å². The van der Waals surface area contributed by atoms with Gasteiger partial charge in [-0.2, -0.15) is 0 Å². The minimum absolute atomic E-state index is 0.148. The van der Waals surface area contributed by atoms with Crippen LogP contribution < -0.4 is 10.6 Å². The lowest BCUT2D eigenvalue weighted by atomic mass is 9.95. The highest BCUT2D eigenvalue weighted by Gasteiger charge is 2.28. The van der Waals surface area contributed by atoms with Gasteiger partial charge in [0.25, 0.3) is 0 Å². The van der Waals surface area contributed by atoms with E-state index in [1.165, 1.54) is 11.3 Å². The van der Waals surface area contributed by atoms with Crippen LogP contribution >= 0.6 is 22.9 Å². The SMILES string of the molecule is CO[C@](C)(CNC(=O)C(=O)NCc1cccs1)c1cccc(Cl)c1. The third-order valence-corrected chi connectivity index (χ3v) is 4.79. The number of rotatable bonds is 6. The molecule has 0 saturated heterocycles. The van der Waals surface area contributed by atoms with Crippen molar-refractivity contribution in [2.24, 2.45) is 0 Å². The average Bonchev–Trinajstić information content (AvgIpc) is 3.10. The molecule has 0 fully saturated rings. The zero-order valence-corrected chi connectivity index (χ0v) is 15.0. The molecule has 2 N–H and O–H groups in total. The van der Waals surface area contributed by atoms with Crippen LogP contribution in [-0.4, -0.2) is 25.5 Å². The van der Waals surface area contributed by atoms with E-state index in [4.69, 9.17) is 16.3 Å². The van der Waals surface area contributed by atoms with E-state index in [2.05, 4.69) is 10.6 Å². The van der Waals surface area contributed by atoms with Crippen molar-refractivity contribution < 1.29 is 14.3 Å². The number of amides is 2. The first-order chi connectivity index (χ1) is 11.4. The fraction of sp³-hybridized carbons (Fsp3) is 0.294. The topological polar surface area (TPSA) is 67.4 Å². The quantitative estimate of drug-likeness (QED) is 0.772. The van der Waals surface area contributed by atoms with Gasteiger partial charge < -0.3 is 15.4 Å². The number of ether oxygens (including phenoxy) is 1. The van der Waals surface area contributed by atoms with E-state index in [0.29, 0.717) is 11.6 Å². The minimum Gasteiger partial charge on any atom is -0.372 e. The summed E-state index contributed by atoms with van der Waals surface area (Å²) in [6.07, 6.45) is 0. The van der Waals surface area contributed by atoms with Crippen molar-refractivity contribution in [3.8, 4) is 0 Å². The number of halogens is 1. The first-order valence-electron chi connectivity index (χ1n) is 7.34. The van der Waals surface area contributed by atoms with Gasteiger partial charge in [0.1, 0.15) is 5.60 Å². The van der Waals surface area contributed by atoms with E-state index in [1.54, 1.807) is 19.2 Å². The molecule has 7 heteroatoms. The number of benzene rings is 1. The fourth-order valence-corrected chi connectivity index (χ4v) is 2.93. The Labute approximate surface area is 150 Å². The Morgan fingerprint density at radius 1 is 1.21 bits per heavy atom. The summed E-state index contributed by atoms with van der Waals surface area (Å²) in [5, 5.41) is 7.68. The Hall–Kier alpha value is -1.89. The molecule has 1 heterocycles. The van der Waals surface area contributed by atoms with Crippen molar-refractivity contribution in [1.29, 1.82) is 0 Å². The summed E-state index contributed by atoms with van der Waals surface area (Å²) in [6.45, 7) is 2.30. The molecule has 5 nitrogen and oxygen atoms in total. The van der Waals surface area contributed by atoms with E-state index in [1.807, 2.05) is 36.6 Å². The lowest BCUT2D eigenvalue weighted by Gasteiger charge is -2.29. The number of carbonyl (C=O) groups is 2. The van der Waals surface area contributed by atoms with Crippen LogP contribution in [0.1, 0.15) is 17.4 Å². The minimum atomic E-state index is -0.783. The van der Waals surface area contributed by atoms with Gasteiger partial charge in [0.05, 0.1) is 13.1 Å². The zero-order chi connectivity index (χ0) is 17.6. The maximum Gasteiger partial charge on any atom is 0.309 e. The Morgan fingerprint density at radius 3 is 2.58 bits per heavy atom. The molecule has 0 aliphatic carbocycles. The van der Waals surface area contributed by atoms with Gasteiger partial charge in [-0.05, 0) is 36.1 Å². The van der Waals surface area contributed by atoms with Crippen molar-refractivity contribution in [1.82, 2.24) is 10.6 Å². The number of hydrogen-bond acceptors (Lipinski definition) is 4. The molecule has 1 atom stereocenters. The number of hydrogen-bond donors (Lipinski definition) is 2. The molecule has 2 aromatic rings. The lowest BCUT2D eigenvalue weighted by Crippen LogP contribution is -2.45. The van der Waals surface area contributed by atoms with E-state index < -0.39 is 17.4 Å². The molecule has 2 rings (SSSR count). The van der Waals surface area contributed by atoms with E-state index in [0.717, 1.165) is 10.4 Å². The molecule has 1 aromatic carbocycles. The molecular formula is C17H19ClN2O3S. The van der Waals surface area contributed by atoms with E-state index in [-0.39, 0.29) is 6.54 Å². The van der Waals surface area contributed by atoms with Crippen molar-refractivity contribution >= 4 is 34.8 Å². The highest BCUT2D eigenvalue weighted by Crippen LogP contribution is 2.26. The van der Waals surface area contributed by atoms with Gasteiger partial charge in [-0.1, -0.05) is 29.8 Å². The molecule has 0 spiro atoms. The number of methoxy groups -OCH3 is 1. The summed E-state index contributed by atoms with van der Waals surface area (Å²) in [7, 11) is 1.55. The van der Waals surface area contributed by atoms with Gasteiger partial charge >= 0.3 is 11.8 Å². The molecule has 0 aliphatic rings. The second-order valence-electron chi connectivity index (χ2n) is 5.39. The second-order valence-corrected chi connectivity index (χ2v) is 6.86. The van der Waals surface area contributed by atoms with Crippen molar-refractivity contribution in [2.75, 3.05) is 13.7 Å². The van der Waals surface area contributed by atoms with E-state index >= 15 is 0 Å². The molecule has 0 saturated carbocycles. The van der Waals surface area contributed by atoms with Gasteiger partial charge in [-0.3, -0.25) is 9.59 Å². The van der Waals surface area contributed by atoms with Gasteiger partial charge in [0.2, 0.25) is 0 Å². The molecule has 0 unspecified atom stereocenters. The smallest absolute Gasteiger partial charge is 0.309 e. The molecule has 0 radical (unpaired) electrons. The summed E-state index contributed by atoms with van der Waals surface area (Å²) in [5.74, 6) is -1.37. The van der Waals surface area contributed by atoms with Crippen LogP contribution in [0, 0.1) is 0 Å². The summed E-state index contributed by atoms with van der Waals surface area (Å²) in [5.41, 5.74) is 0.0333. The lowest BCUT2D eigenvalue weighted by molar-refractivity contribution is -0.140. The Bertz CT molecular complexity index is 706. The zero-order valence-electron chi connectivity index (χ0n) is 13.5. The van der Waals surface area contributed by atoms with Gasteiger partial charge in [-0.15, -0.1) is 11.3 Å². The molecule has 1 aromatic heterocycles. The third kappa shape index (κ3) is 4.80. The summed E-state index contributed by atoms with van der Waals surface area (Å²) >= 11 is 7.52. The summed E-state index contributed by atoms with van der Waals surface area (Å²) in [4.78, 5) is 24.8. The normalized spacial score (nSPS) is 13.1. The molecule has 0 bridgehead atoms. The fourth-order valence-electron chi connectivity index (χ4n) is 2.10. The predicted molar refractivity (Wildman–Crippen MR) is 95.0 cm³/mol. The maximum atomic E-state index is 12.0. The number of carbonyl (C=O) groups excluding carboxylic acids is 2. The predicted octanol–water partition coefficient (Wildman–Crippen LogP) is 2.70. The van der Waals surface area contributed by atoms with Crippen molar-refractivity contribution in [3.63, 3.8) is 0 Å². The monoisotopic (exact) mass is 366 g/mol. The first kappa shape index (κ1) is 18.4. The summed E-state index contributed by atoms with van der Waals surface area (Å²) < 4.78 is 5.52. The highest BCUT2D eigenvalue weighted by molar-refractivity contribution is 7.09. The number of nitrogens with one attached hydrogen (secondary N) is 2. The van der Waals surface area contributed by atoms with Crippen LogP contribution in [0.2, 0.25) is 5.02 Å². The summed E-state index contributed by atoms with van der Waals surface area (Å²) in [6, 6.07) is 11.0. The van der Waals surface area contributed by atoms with Crippen LogP contribution in [-0.2, 0) is 26.5 Å². The van der Waals surface area contributed by atoms with Crippen LogP contribution in [0.5, 0.6) is 0 Å². The second kappa shape index (κ2) is 8.28. The van der Waals surface area contributed by atoms with Crippen molar-refractivity contribution in [3.05, 3.63) is 57.2 Å². The standard InChI is InChI=1S/C17H19ClN2O3S/c1-17(23-2,12-5-3-6-13(18)9-12)11-20-16(22)15(21)19-10-14-7-4-8-24-14/h3-9H,10-11H2,1-2H3,(H,19,21)(H,20,22)/t17-/m1/s1. The highest BCUT2D eigenvalue weighted by atomic mass is 35.5. The van der Waals surface area contributed by atoms with Gasteiger partial charge in [0.15, 0.2) is 0 Å². The Morgan fingerprint density at radius 2 is 1.96 bits per heavy atom. The van der Waals surface area contributed by atoms with Crippen LogP contribution in [0.25, 0.3) is 0 Å².